The third-order valence-corrected chi connectivity index (χ3v) is 2.11. The van der Waals surface area contributed by atoms with E-state index in [-0.39, 0.29) is 30.3 Å². The lowest BCUT2D eigenvalue weighted by molar-refractivity contribution is -0.120. The van der Waals surface area contributed by atoms with Crippen LogP contribution in [0, 0.1) is 5.41 Å². The van der Waals surface area contributed by atoms with E-state index in [0.29, 0.717) is 13.1 Å². The van der Waals surface area contributed by atoms with Gasteiger partial charge in [0.2, 0.25) is 5.91 Å². The first-order valence-electron chi connectivity index (χ1n) is 5.04. The molecule has 0 aromatic heterocycles. The minimum atomic E-state index is 0. The van der Waals surface area contributed by atoms with E-state index < -0.39 is 0 Å². The van der Waals surface area contributed by atoms with Crippen LogP contribution < -0.4 is 10.6 Å². The SMILES string of the molecule is CNCC(=O)NCC(C)(C)CCCO.Cl. The van der Waals surface area contributed by atoms with Crippen molar-refractivity contribution in [3.63, 3.8) is 0 Å². The van der Waals surface area contributed by atoms with Gasteiger partial charge in [-0.1, -0.05) is 13.8 Å². The van der Waals surface area contributed by atoms with E-state index in [2.05, 4.69) is 24.5 Å². The molecule has 0 bridgehead atoms. The zero-order chi connectivity index (χ0) is 11.0. The Morgan fingerprint density at radius 1 is 1.40 bits per heavy atom. The fourth-order valence-electron chi connectivity index (χ4n) is 1.21. The third-order valence-electron chi connectivity index (χ3n) is 2.11. The van der Waals surface area contributed by atoms with Gasteiger partial charge < -0.3 is 15.7 Å². The Kier molecular flexibility index (Phi) is 10.2. The summed E-state index contributed by atoms with van der Waals surface area (Å²) in [7, 11) is 1.75. The number of aliphatic hydroxyl groups excluding tert-OH is 1. The van der Waals surface area contributed by atoms with E-state index in [1.165, 1.54) is 0 Å². The quantitative estimate of drug-likeness (QED) is 0.607. The van der Waals surface area contributed by atoms with E-state index in [1.54, 1.807) is 7.05 Å². The fraction of sp³-hybridized carbons (Fsp3) is 0.900. The topological polar surface area (TPSA) is 61.4 Å². The normalized spacial score (nSPS) is 10.7. The highest BCUT2D eigenvalue weighted by atomic mass is 35.5. The third kappa shape index (κ3) is 9.97. The second kappa shape index (κ2) is 8.95. The zero-order valence-corrected chi connectivity index (χ0v) is 10.6. The molecule has 0 aromatic carbocycles. The molecule has 15 heavy (non-hydrogen) atoms. The van der Waals surface area contributed by atoms with Crippen molar-refractivity contribution in [2.45, 2.75) is 26.7 Å². The van der Waals surface area contributed by atoms with Crippen molar-refractivity contribution in [1.82, 2.24) is 10.6 Å². The van der Waals surface area contributed by atoms with Crippen LogP contribution in [0.1, 0.15) is 26.7 Å². The molecule has 5 heteroatoms. The van der Waals surface area contributed by atoms with Gasteiger partial charge in [0.1, 0.15) is 0 Å². The molecule has 0 radical (unpaired) electrons. The zero-order valence-electron chi connectivity index (χ0n) is 9.80. The van der Waals surface area contributed by atoms with Gasteiger partial charge in [0.15, 0.2) is 0 Å². The summed E-state index contributed by atoms with van der Waals surface area (Å²) in [6.45, 7) is 5.40. The van der Waals surface area contributed by atoms with Crippen LogP contribution in [0.2, 0.25) is 0 Å². The molecule has 0 aliphatic rings. The Balaban J connectivity index is 0. The Labute approximate surface area is 98.2 Å². The number of carbonyl (C=O) groups excluding carboxylic acids is 1. The second-order valence-corrected chi connectivity index (χ2v) is 4.30. The first-order valence-corrected chi connectivity index (χ1v) is 5.04. The summed E-state index contributed by atoms with van der Waals surface area (Å²) in [4.78, 5) is 11.1. The average molecular weight is 239 g/mol. The molecule has 0 aliphatic heterocycles. The smallest absolute Gasteiger partial charge is 0.233 e. The molecule has 0 atom stereocenters. The van der Waals surface area contributed by atoms with E-state index in [4.69, 9.17) is 5.11 Å². The number of amides is 1. The number of likely N-dealkylation sites (N-methyl/N-ethyl adjacent to an activating group) is 1. The van der Waals surface area contributed by atoms with Crippen molar-refractivity contribution in [1.29, 1.82) is 0 Å². The van der Waals surface area contributed by atoms with Gasteiger partial charge >= 0.3 is 0 Å². The number of carbonyl (C=O) groups is 1. The van der Waals surface area contributed by atoms with Gasteiger partial charge in [-0.2, -0.15) is 0 Å². The Morgan fingerprint density at radius 2 is 2.00 bits per heavy atom. The predicted molar refractivity (Wildman–Crippen MR) is 64.3 cm³/mol. The summed E-state index contributed by atoms with van der Waals surface area (Å²) in [5.41, 5.74) is 0.0616. The van der Waals surface area contributed by atoms with Gasteiger partial charge in [-0.05, 0) is 25.3 Å². The largest absolute Gasteiger partial charge is 0.396 e. The first kappa shape index (κ1) is 17.1. The summed E-state index contributed by atoms with van der Waals surface area (Å²) in [5.74, 6) is 0.0181. The molecule has 0 fully saturated rings. The van der Waals surface area contributed by atoms with Gasteiger partial charge in [0.05, 0.1) is 6.54 Å². The summed E-state index contributed by atoms with van der Waals surface area (Å²) in [6.07, 6.45) is 1.71. The van der Waals surface area contributed by atoms with Gasteiger partial charge in [0.25, 0.3) is 0 Å². The lowest BCUT2D eigenvalue weighted by atomic mass is 9.88. The number of nitrogens with one attached hydrogen (secondary N) is 2. The van der Waals surface area contributed by atoms with Crippen LogP contribution in [0.4, 0.5) is 0 Å². The number of aliphatic hydroxyl groups is 1. The molecule has 0 saturated carbocycles. The maximum atomic E-state index is 11.1. The van der Waals surface area contributed by atoms with Crippen molar-refractivity contribution in [3.05, 3.63) is 0 Å². The second-order valence-electron chi connectivity index (χ2n) is 4.30. The first-order chi connectivity index (χ1) is 6.52. The van der Waals surface area contributed by atoms with Crippen LogP contribution >= 0.6 is 12.4 Å². The Hall–Kier alpha value is -0.320. The summed E-state index contributed by atoms with van der Waals surface area (Å²) in [6, 6.07) is 0. The number of halogens is 1. The molecule has 0 spiro atoms. The Morgan fingerprint density at radius 3 is 2.47 bits per heavy atom. The minimum Gasteiger partial charge on any atom is -0.396 e. The van der Waals surface area contributed by atoms with Crippen LogP contribution in [0.5, 0.6) is 0 Å². The molecule has 3 N–H and O–H groups in total. The van der Waals surface area contributed by atoms with Gasteiger partial charge in [0, 0.05) is 13.2 Å². The van der Waals surface area contributed by atoms with Gasteiger partial charge in [-0.3, -0.25) is 4.79 Å². The monoisotopic (exact) mass is 238 g/mol. The van der Waals surface area contributed by atoms with Crippen LogP contribution in [0.3, 0.4) is 0 Å². The van der Waals surface area contributed by atoms with E-state index >= 15 is 0 Å². The van der Waals surface area contributed by atoms with E-state index in [1.807, 2.05) is 0 Å². The molecule has 0 unspecified atom stereocenters. The molecule has 1 amide bonds. The fourth-order valence-corrected chi connectivity index (χ4v) is 1.21. The minimum absolute atomic E-state index is 0. The molecule has 0 aromatic rings. The highest BCUT2D eigenvalue weighted by Gasteiger charge is 2.17. The molecule has 0 aliphatic carbocycles. The molecule has 0 heterocycles. The van der Waals surface area contributed by atoms with Crippen LogP contribution in [0.15, 0.2) is 0 Å². The van der Waals surface area contributed by atoms with Crippen molar-refractivity contribution >= 4 is 18.3 Å². The lowest BCUT2D eigenvalue weighted by Crippen LogP contribution is -2.38. The maximum absolute atomic E-state index is 11.1. The van der Waals surface area contributed by atoms with E-state index in [9.17, 15) is 4.79 Å². The molecule has 0 rings (SSSR count). The predicted octanol–water partition coefficient (Wildman–Crippen LogP) is 0.542. The van der Waals surface area contributed by atoms with Crippen LogP contribution in [-0.4, -0.2) is 37.8 Å². The highest BCUT2D eigenvalue weighted by Crippen LogP contribution is 2.20. The van der Waals surface area contributed by atoms with Crippen LogP contribution in [0.25, 0.3) is 0 Å². The summed E-state index contributed by atoms with van der Waals surface area (Å²) >= 11 is 0. The summed E-state index contributed by atoms with van der Waals surface area (Å²) in [5, 5.41) is 14.3. The standard InChI is InChI=1S/C10H22N2O2.ClH/c1-10(2,5-4-6-13)8-12-9(14)7-11-3;/h11,13H,4-8H2,1-3H3,(H,12,14);1H. The Bertz CT molecular complexity index is 175. The average Bonchev–Trinajstić information content (AvgIpc) is 2.13. The molecular weight excluding hydrogens is 216 g/mol. The molecule has 92 valence electrons. The summed E-state index contributed by atoms with van der Waals surface area (Å²) < 4.78 is 0. The van der Waals surface area contributed by atoms with Crippen molar-refractivity contribution < 1.29 is 9.90 Å². The number of hydrogen-bond donors (Lipinski definition) is 3. The molecular formula is C10H23ClN2O2. The van der Waals surface area contributed by atoms with Crippen LogP contribution in [-0.2, 0) is 4.79 Å². The maximum Gasteiger partial charge on any atom is 0.233 e. The number of rotatable bonds is 7. The van der Waals surface area contributed by atoms with Crippen molar-refractivity contribution in [2.24, 2.45) is 5.41 Å². The van der Waals surface area contributed by atoms with Crippen molar-refractivity contribution in [2.75, 3.05) is 26.7 Å². The molecule has 4 nitrogen and oxygen atoms in total. The van der Waals surface area contributed by atoms with Gasteiger partial charge in [-0.25, -0.2) is 0 Å². The van der Waals surface area contributed by atoms with E-state index in [0.717, 1.165) is 12.8 Å². The van der Waals surface area contributed by atoms with Crippen molar-refractivity contribution in [3.8, 4) is 0 Å². The highest BCUT2D eigenvalue weighted by molar-refractivity contribution is 5.85. The number of hydrogen-bond acceptors (Lipinski definition) is 3. The lowest BCUT2D eigenvalue weighted by Gasteiger charge is -2.24. The molecule has 0 saturated heterocycles. The van der Waals surface area contributed by atoms with Gasteiger partial charge in [-0.15, -0.1) is 12.4 Å².